The highest BCUT2D eigenvalue weighted by Gasteiger charge is 2.31. The molecule has 3 rings (SSSR count). The molecule has 1 aromatic carbocycles. The smallest absolute Gasteiger partial charge is 0.254 e. The predicted octanol–water partition coefficient (Wildman–Crippen LogP) is 1.97. The largest absolute Gasteiger partial charge is 0.337 e. The molecule has 23 heavy (non-hydrogen) atoms. The summed E-state index contributed by atoms with van der Waals surface area (Å²) in [7, 11) is 0. The van der Waals surface area contributed by atoms with Gasteiger partial charge in [-0.3, -0.25) is 4.79 Å². The molecule has 2 aliphatic heterocycles. The molecule has 1 aromatic rings. The third-order valence-electron chi connectivity index (χ3n) is 5.01. The first-order chi connectivity index (χ1) is 11.1. The summed E-state index contributed by atoms with van der Waals surface area (Å²) in [5.74, 6) is -0.408. The van der Waals surface area contributed by atoms with E-state index in [0.717, 1.165) is 52.2 Å². The van der Waals surface area contributed by atoms with Crippen molar-refractivity contribution < 1.29 is 9.18 Å². The molecule has 1 amide bonds. The van der Waals surface area contributed by atoms with Crippen LogP contribution in [-0.2, 0) is 0 Å². The topological polar surface area (TPSA) is 35.6 Å². The Morgan fingerprint density at radius 3 is 2.91 bits per heavy atom. The van der Waals surface area contributed by atoms with Crippen LogP contribution in [0.25, 0.3) is 0 Å². The van der Waals surface area contributed by atoms with Gasteiger partial charge in [-0.2, -0.15) is 0 Å². The van der Waals surface area contributed by atoms with E-state index in [-0.39, 0.29) is 11.7 Å². The lowest BCUT2D eigenvalue weighted by molar-refractivity contribution is 0.0758. The zero-order valence-electron chi connectivity index (χ0n) is 13.9. The van der Waals surface area contributed by atoms with E-state index in [1.807, 2.05) is 4.90 Å². The van der Waals surface area contributed by atoms with Gasteiger partial charge < -0.3 is 15.1 Å². The Morgan fingerprint density at radius 2 is 2.17 bits per heavy atom. The average Bonchev–Trinajstić information content (AvgIpc) is 2.82. The van der Waals surface area contributed by atoms with Gasteiger partial charge in [-0.05, 0) is 49.5 Å². The Labute approximate surface area is 137 Å². The number of nitrogens with zero attached hydrogens (tertiary/aromatic N) is 2. The number of halogens is 1. The number of carbonyl (C=O) groups is 1. The average molecular weight is 319 g/mol. The maximum absolute atomic E-state index is 13.3. The van der Waals surface area contributed by atoms with Crippen molar-refractivity contribution in [2.45, 2.75) is 19.8 Å². The second-order valence-electron chi connectivity index (χ2n) is 7.17. The van der Waals surface area contributed by atoms with E-state index >= 15 is 0 Å². The van der Waals surface area contributed by atoms with E-state index in [1.165, 1.54) is 18.6 Å². The van der Waals surface area contributed by atoms with Gasteiger partial charge in [0.05, 0.1) is 0 Å². The summed E-state index contributed by atoms with van der Waals surface area (Å²) in [5.41, 5.74) is 0.798. The van der Waals surface area contributed by atoms with Crippen molar-refractivity contribution in [3.63, 3.8) is 0 Å². The minimum atomic E-state index is -0.353. The zero-order chi connectivity index (χ0) is 16.3. The summed E-state index contributed by atoms with van der Waals surface area (Å²) >= 11 is 0. The fraction of sp³-hybridized carbons (Fsp3) is 0.611. The summed E-state index contributed by atoms with van der Waals surface area (Å²) in [4.78, 5) is 16.9. The van der Waals surface area contributed by atoms with Gasteiger partial charge in [-0.15, -0.1) is 0 Å². The normalized spacial score (nSPS) is 26.3. The number of hydrogen-bond donors (Lipinski definition) is 1. The molecule has 2 aliphatic rings. The van der Waals surface area contributed by atoms with Crippen molar-refractivity contribution in [2.75, 3.05) is 45.8 Å². The predicted molar refractivity (Wildman–Crippen MR) is 89.0 cm³/mol. The first-order valence-electron chi connectivity index (χ1n) is 8.54. The molecule has 0 radical (unpaired) electrons. The number of hydrogen-bond acceptors (Lipinski definition) is 3. The summed E-state index contributed by atoms with van der Waals surface area (Å²) in [5, 5.41) is 3.45. The molecular formula is C18H26FN3O. The van der Waals surface area contributed by atoms with Crippen LogP contribution in [0.4, 0.5) is 4.39 Å². The Hall–Kier alpha value is -1.46. The van der Waals surface area contributed by atoms with Crippen LogP contribution in [0.15, 0.2) is 24.3 Å². The highest BCUT2D eigenvalue weighted by atomic mass is 19.1. The van der Waals surface area contributed by atoms with Gasteiger partial charge in [-0.1, -0.05) is 13.0 Å². The molecule has 2 heterocycles. The first-order valence-corrected chi connectivity index (χ1v) is 8.54. The quantitative estimate of drug-likeness (QED) is 0.925. The minimum absolute atomic E-state index is 0.0555. The maximum atomic E-state index is 13.3. The summed E-state index contributed by atoms with van der Waals surface area (Å²) in [6.45, 7) is 9.01. The van der Waals surface area contributed by atoms with Gasteiger partial charge >= 0.3 is 0 Å². The van der Waals surface area contributed by atoms with Crippen LogP contribution < -0.4 is 5.32 Å². The first kappa shape index (κ1) is 16.4. The second-order valence-corrected chi connectivity index (χ2v) is 7.17. The van der Waals surface area contributed by atoms with Crippen LogP contribution >= 0.6 is 0 Å². The lowest BCUT2D eigenvalue weighted by Gasteiger charge is -2.31. The molecule has 2 saturated heterocycles. The van der Waals surface area contributed by atoms with Gasteiger partial charge in [0.25, 0.3) is 5.91 Å². The van der Waals surface area contributed by atoms with Gasteiger partial charge in [0, 0.05) is 38.3 Å². The van der Waals surface area contributed by atoms with E-state index in [0.29, 0.717) is 11.0 Å². The fourth-order valence-corrected chi connectivity index (χ4v) is 3.68. The highest BCUT2D eigenvalue weighted by molar-refractivity contribution is 5.94. The lowest BCUT2D eigenvalue weighted by atomic mass is 9.89. The van der Waals surface area contributed by atoms with E-state index < -0.39 is 0 Å². The molecule has 0 bridgehead atoms. The van der Waals surface area contributed by atoms with Crippen molar-refractivity contribution in [2.24, 2.45) is 5.41 Å². The molecule has 5 heteroatoms. The molecule has 2 fully saturated rings. The molecule has 4 nitrogen and oxygen atoms in total. The van der Waals surface area contributed by atoms with Crippen LogP contribution in [0.1, 0.15) is 30.1 Å². The molecule has 1 atom stereocenters. The van der Waals surface area contributed by atoms with E-state index in [4.69, 9.17) is 0 Å². The molecule has 0 spiro atoms. The number of rotatable bonds is 3. The van der Waals surface area contributed by atoms with Crippen LogP contribution in [0.2, 0.25) is 0 Å². The molecular weight excluding hydrogens is 293 g/mol. The number of nitrogens with one attached hydrogen (secondary N) is 1. The summed E-state index contributed by atoms with van der Waals surface area (Å²) in [6.07, 6.45) is 2.19. The third-order valence-corrected chi connectivity index (χ3v) is 5.01. The number of benzene rings is 1. The minimum Gasteiger partial charge on any atom is -0.337 e. The van der Waals surface area contributed by atoms with Crippen molar-refractivity contribution in [1.29, 1.82) is 0 Å². The van der Waals surface area contributed by atoms with Crippen molar-refractivity contribution in [3.05, 3.63) is 35.6 Å². The molecule has 126 valence electrons. The Kier molecular flexibility index (Phi) is 4.97. The Morgan fingerprint density at radius 1 is 1.30 bits per heavy atom. The van der Waals surface area contributed by atoms with Crippen LogP contribution in [-0.4, -0.2) is 61.5 Å². The van der Waals surface area contributed by atoms with Crippen LogP contribution in [0.5, 0.6) is 0 Å². The fourth-order valence-electron chi connectivity index (χ4n) is 3.68. The Balaban J connectivity index is 1.58. The van der Waals surface area contributed by atoms with Crippen LogP contribution in [0.3, 0.4) is 0 Å². The Bertz CT molecular complexity index is 557. The third kappa shape index (κ3) is 4.09. The molecule has 1 unspecified atom stereocenters. The molecule has 1 N–H and O–H groups in total. The van der Waals surface area contributed by atoms with Crippen molar-refractivity contribution in [3.8, 4) is 0 Å². The second kappa shape index (κ2) is 6.97. The van der Waals surface area contributed by atoms with E-state index in [2.05, 4.69) is 17.1 Å². The molecule has 0 aromatic heterocycles. The number of carbonyl (C=O) groups excluding carboxylic acids is 1. The van der Waals surface area contributed by atoms with E-state index in [9.17, 15) is 9.18 Å². The number of amides is 1. The summed E-state index contributed by atoms with van der Waals surface area (Å²) in [6, 6.07) is 5.99. The summed E-state index contributed by atoms with van der Waals surface area (Å²) < 4.78 is 13.3. The van der Waals surface area contributed by atoms with Crippen molar-refractivity contribution >= 4 is 5.91 Å². The highest BCUT2D eigenvalue weighted by Crippen LogP contribution is 2.26. The standard InChI is InChI=1S/C18H26FN3O/c1-18(6-7-20-13-18)14-21-8-3-9-22(11-10-21)17(23)15-4-2-5-16(19)12-15/h2,4-5,12,20H,3,6-11,13-14H2,1H3. The zero-order valence-corrected chi connectivity index (χ0v) is 13.9. The molecule has 0 aliphatic carbocycles. The van der Waals surface area contributed by atoms with Crippen molar-refractivity contribution in [1.82, 2.24) is 15.1 Å². The van der Waals surface area contributed by atoms with Gasteiger partial charge in [0.15, 0.2) is 0 Å². The van der Waals surface area contributed by atoms with E-state index in [1.54, 1.807) is 12.1 Å². The maximum Gasteiger partial charge on any atom is 0.254 e. The van der Waals surface area contributed by atoms with Crippen LogP contribution in [0, 0.1) is 11.2 Å². The lowest BCUT2D eigenvalue weighted by Crippen LogP contribution is -2.40. The SMILES string of the molecule is CC1(CN2CCCN(C(=O)c3cccc(F)c3)CC2)CCNC1. The van der Waals surface area contributed by atoms with Gasteiger partial charge in [0.2, 0.25) is 0 Å². The monoisotopic (exact) mass is 319 g/mol. The van der Waals surface area contributed by atoms with Gasteiger partial charge in [-0.25, -0.2) is 4.39 Å². The van der Waals surface area contributed by atoms with Gasteiger partial charge in [0.1, 0.15) is 5.82 Å². The molecule has 0 saturated carbocycles.